The Hall–Kier alpha value is -0.660. The van der Waals surface area contributed by atoms with Crippen LogP contribution in [0.1, 0.15) is 33.1 Å². The molecule has 2 rings (SSSR count). The van der Waals surface area contributed by atoms with Crippen LogP contribution in [0.5, 0.6) is 0 Å². The lowest BCUT2D eigenvalue weighted by Gasteiger charge is -2.32. The number of nitrogens with one attached hydrogen (secondary N) is 1. The van der Waals surface area contributed by atoms with Crippen LogP contribution in [0, 0.1) is 11.8 Å². The van der Waals surface area contributed by atoms with Gasteiger partial charge in [-0.1, -0.05) is 13.8 Å². The second-order valence-corrected chi connectivity index (χ2v) is 8.26. The zero-order chi connectivity index (χ0) is 14.9. The van der Waals surface area contributed by atoms with Crippen LogP contribution in [0.4, 0.5) is 5.82 Å². The van der Waals surface area contributed by atoms with Gasteiger partial charge >= 0.3 is 0 Å². The summed E-state index contributed by atoms with van der Waals surface area (Å²) >= 11 is 3.22. The summed E-state index contributed by atoms with van der Waals surface area (Å²) in [5, 5.41) is 0. The maximum Gasteiger partial charge on any atom is 0.244 e. The monoisotopic (exact) mass is 361 g/mol. The first-order chi connectivity index (χ1) is 9.29. The average Bonchev–Trinajstić information content (AvgIpc) is 2.35. The molecule has 1 aromatic rings. The molecule has 5 nitrogen and oxygen atoms in total. The van der Waals surface area contributed by atoms with E-state index in [1.54, 1.807) is 0 Å². The van der Waals surface area contributed by atoms with Crippen LogP contribution in [-0.4, -0.2) is 19.4 Å². The molecule has 1 aliphatic rings. The van der Waals surface area contributed by atoms with Crippen LogP contribution in [-0.2, 0) is 10.0 Å². The number of hydrogen-bond acceptors (Lipinski definition) is 4. The van der Waals surface area contributed by atoms with Crippen molar-refractivity contribution in [3.63, 3.8) is 0 Å². The molecule has 0 spiro atoms. The van der Waals surface area contributed by atoms with Gasteiger partial charge in [-0.2, -0.15) is 0 Å². The number of nitrogen functional groups attached to an aromatic ring is 1. The van der Waals surface area contributed by atoms with E-state index in [0.29, 0.717) is 16.3 Å². The summed E-state index contributed by atoms with van der Waals surface area (Å²) in [6.07, 6.45) is 4.44. The van der Waals surface area contributed by atoms with Crippen LogP contribution < -0.4 is 10.5 Å². The van der Waals surface area contributed by atoms with Crippen molar-refractivity contribution in [3.8, 4) is 0 Å². The summed E-state index contributed by atoms with van der Waals surface area (Å²) < 4.78 is 28.3. The molecule has 0 bridgehead atoms. The summed E-state index contributed by atoms with van der Waals surface area (Å²) in [6, 6.07) is 1.45. The first kappa shape index (κ1) is 15.7. The van der Waals surface area contributed by atoms with Crippen LogP contribution in [0.15, 0.2) is 21.6 Å². The van der Waals surface area contributed by atoms with Gasteiger partial charge in [0.2, 0.25) is 10.0 Å². The van der Waals surface area contributed by atoms with E-state index in [0.717, 1.165) is 19.3 Å². The summed E-state index contributed by atoms with van der Waals surface area (Å²) in [6.45, 7) is 4.29. The zero-order valence-electron chi connectivity index (χ0n) is 11.6. The van der Waals surface area contributed by atoms with E-state index in [9.17, 15) is 8.42 Å². The molecule has 3 N–H and O–H groups in total. The molecule has 1 saturated carbocycles. The SMILES string of the molecule is CC1CCC(NS(=O)(=O)c2cc(Br)cnc2N)C(C)C1. The number of hydrogen-bond donors (Lipinski definition) is 2. The average molecular weight is 362 g/mol. The highest BCUT2D eigenvalue weighted by Crippen LogP contribution is 2.30. The lowest BCUT2D eigenvalue weighted by Crippen LogP contribution is -2.42. The second kappa shape index (κ2) is 5.99. The number of anilines is 1. The molecule has 0 aromatic carbocycles. The van der Waals surface area contributed by atoms with Gasteiger partial charge in [0.05, 0.1) is 0 Å². The fourth-order valence-electron chi connectivity index (χ4n) is 2.75. The van der Waals surface area contributed by atoms with Crippen molar-refractivity contribution in [2.75, 3.05) is 5.73 Å². The number of halogens is 1. The highest BCUT2D eigenvalue weighted by molar-refractivity contribution is 9.10. The van der Waals surface area contributed by atoms with E-state index in [1.165, 1.54) is 12.3 Å². The number of aromatic nitrogens is 1. The van der Waals surface area contributed by atoms with Gasteiger partial charge in [0, 0.05) is 16.7 Å². The number of nitrogens with two attached hydrogens (primary N) is 1. The molecule has 7 heteroatoms. The van der Waals surface area contributed by atoms with Crippen LogP contribution >= 0.6 is 15.9 Å². The van der Waals surface area contributed by atoms with Crippen LogP contribution in [0.2, 0.25) is 0 Å². The summed E-state index contributed by atoms with van der Waals surface area (Å²) in [5.41, 5.74) is 5.69. The fourth-order valence-corrected chi connectivity index (χ4v) is 4.72. The molecule has 0 saturated heterocycles. The quantitative estimate of drug-likeness (QED) is 0.865. The minimum Gasteiger partial charge on any atom is -0.383 e. The van der Waals surface area contributed by atoms with E-state index in [2.05, 4.69) is 39.5 Å². The zero-order valence-corrected chi connectivity index (χ0v) is 14.0. The maximum absolute atomic E-state index is 12.4. The van der Waals surface area contributed by atoms with Crippen molar-refractivity contribution >= 4 is 31.8 Å². The van der Waals surface area contributed by atoms with Crippen molar-refractivity contribution in [2.24, 2.45) is 11.8 Å². The summed E-state index contributed by atoms with van der Waals surface area (Å²) in [7, 11) is -3.63. The molecular weight excluding hydrogens is 342 g/mol. The van der Waals surface area contributed by atoms with Crippen molar-refractivity contribution in [1.82, 2.24) is 9.71 Å². The Morgan fingerprint density at radius 1 is 1.40 bits per heavy atom. The van der Waals surface area contributed by atoms with Gasteiger partial charge in [-0.3, -0.25) is 0 Å². The third-order valence-corrected chi connectivity index (χ3v) is 5.83. The van der Waals surface area contributed by atoms with E-state index in [1.807, 2.05) is 0 Å². The molecule has 112 valence electrons. The number of sulfonamides is 1. The van der Waals surface area contributed by atoms with Crippen molar-refractivity contribution in [3.05, 3.63) is 16.7 Å². The molecule has 1 heterocycles. The van der Waals surface area contributed by atoms with Gasteiger partial charge in [0.25, 0.3) is 0 Å². The molecule has 1 fully saturated rings. The van der Waals surface area contributed by atoms with E-state index in [-0.39, 0.29) is 16.8 Å². The maximum atomic E-state index is 12.4. The Kier molecular flexibility index (Phi) is 4.71. The number of rotatable bonds is 3. The third kappa shape index (κ3) is 3.51. The van der Waals surface area contributed by atoms with Crippen molar-refractivity contribution in [2.45, 2.75) is 44.0 Å². The molecule has 0 radical (unpaired) electrons. The van der Waals surface area contributed by atoms with Gasteiger partial charge < -0.3 is 5.73 Å². The smallest absolute Gasteiger partial charge is 0.244 e. The van der Waals surface area contributed by atoms with Crippen molar-refractivity contribution in [1.29, 1.82) is 0 Å². The van der Waals surface area contributed by atoms with E-state index >= 15 is 0 Å². The largest absolute Gasteiger partial charge is 0.383 e. The molecule has 1 aromatic heterocycles. The first-order valence-electron chi connectivity index (χ1n) is 6.73. The molecule has 3 unspecified atom stereocenters. The lowest BCUT2D eigenvalue weighted by molar-refractivity contribution is 0.249. The Balaban J connectivity index is 2.21. The first-order valence-corrected chi connectivity index (χ1v) is 9.00. The van der Waals surface area contributed by atoms with E-state index < -0.39 is 10.0 Å². The Bertz CT molecular complexity index is 591. The summed E-state index contributed by atoms with van der Waals surface area (Å²) in [5.74, 6) is 1.01. The molecule has 0 amide bonds. The molecule has 0 aliphatic heterocycles. The summed E-state index contributed by atoms with van der Waals surface area (Å²) in [4.78, 5) is 3.92. The molecule has 3 atom stereocenters. The lowest BCUT2D eigenvalue weighted by atomic mass is 9.80. The number of pyridine rings is 1. The molecule has 20 heavy (non-hydrogen) atoms. The minimum atomic E-state index is -3.63. The normalized spacial score (nSPS) is 27.4. The van der Waals surface area contributed by atoms with Gasteiger partial charge in [-0.25, -0.2) is 18.1 Å². The fraction of sp³-hybridized carbons (Fsp3) is 0.615. The highest BCUT2D eigenvalue weighted by atomic mass is 79.9. The van der Waals surface area contributed by atoms with Crippen LogP contribution in [0.25, 0.3) is 0 Å². The topological polar surface area (TPSA) is 85.1 Å². The standard InChI is InChI=1S/C13H20BrN3O2S/c1-8-3-4-11(9(2)5-8)17-20(18,19)12-6-10(14)7-16-13(12)15/h6-9,11,17H,3-5H2,1-2H3,(H2,15,16). The van der Waals surface area contributed by atoms with Crippen LogP contribution in [0.3, 0.4) is 0 Å². The van der Waals surface area contributed by atoms with Gasteiger partial charge in [0.15, 0.2) is 0 Å². The predicted molar refractivity (Wildman–Crippen MR) is 82.6 cm³/mol. The van der Waals surface area contributed by atoms with E-state index in [4.69, 9.17) is 5.73 Å². The Morgan fingerprint density at radius 2 is 2.10 bits per heavy atom. The third-order valence-electron chi connectivity index (χ3n) is 3.88. The van der Waals surface area contributed by atoms with Crippen molar-refractivity contribution < 1.29 is 8.42 Å². The Labute approximate surface area is 128 Å². The number of nitrogens with zero attached hydrogens (tertiary/aromatic N) is 1. The molecular formula is C13H20BrN3O2S. The van der Waals surface area contributed by atoms with Gasteiger partial charge in [0.1, 0.15) is 10.7 Å². The van der Waals surface area contributed by atoms with Gasteiger partial charge in [-0.15, -0.1) is 0 Å². The molecule has 1 aliphatic carbocycles. The highest BCUT2D eigenvalue weighted by Gasteiger charge is 2.30. The minimum absolute atomic E-state index is 0.0255. The second-order valence-electron chi connectivity index (χ2n) is 5.66. The van der Waals surface area contributed by atoms with Gasteiger partial charge in [-0.05, 0) is 53.1 Å². The Morgan fingerprint density at radius 3 is 2.75 bits per heavy atom. The predicted octanol–water partition coefficient (Wildman–Crippen LogP) is 2.53.